The normalized spacial score (nSPS) is 17.8. The third-order valence-electron chi connectivity index (χ3n) is 3.43. The van der Waals surface area contributed by atoms with Gasteiger partial charge in [-0.15, -0.1) is 11.8 Å². The number of rotatable bonds is 1. The lowest BCUT2D eigenvalue weighted by Crippen LogP contribution is -2.02. The zero-order valence-corrected chi connectivity index (χ0v) is 12.5. The van der Waals surface area contributed by atoms with Gasteiger partial charge in [-0.3, -0.25) is 0 Å². The van der Waals surface area contributed by atoms with E-state index in [0.29, 0.717) is 5.37 Å². The molecule has 0 saturated carbocycles. The van der Waals surface area contributed by atoms with Gasteiger partial charge in [0.15, 0.2) is 0 Å². The minimum Gasteiger partial charge on any atom is -0.310 e. The number of hydrogen-bond donors (Lipinski definition) is 0. The molecule has 19 heavy (non-hydrogen) atoms. The number of imidazole rings is 1. The maximum absolute atomic E-state index is 4.72. The molecule has 2 heterocycles. The Morgan fingerprint density at radius 3 is 2.74 bits per heavy atom. The molecule has 2 nitrogen and oxygen atoms in total. The van der Waals surface area contributed by atoms with Gasteiger partial charge < -0.3 is 4.57 Å². The molecule has 0 saturated heterocycles. The molecular formula is C15H11BrN2S. The monoisotopic (exact) mass is 330 g/mol. The van der Waals surface area contributed by atoms with E-state index in [2.05, 4.69) is 63.0 Å². The van der Waals surface area contributed by atoms with Gasteiger partial charge in [0, 0.05) is 4.47 Å². The van der Waals surface area contributed by atoms with Crippen LogP contribution in [0, 0.1) is 0 Å². The summed E-state index contributed by atoms with van der Waals surface area (Å²) < 4.78 is 3.48. The summed E-state index contributed by atoms with van der Waals surface area (Å²) in [5, 5.41) is 0.343. The molecule has 1 atom stereocenters. The number of aromatic nitrogens is 2. The van der Waals surface area contributed by atoms with Crippen molar-refractivity contribution in [3.63, 3.8) is 0 Å². The minimum absolute atomic E-state index is 0.343. The largest absolute Gasteiger partial charge is 0.310 e. The summed E-state index contributed by atoms with van der Waals surface area (Å²) in [6, 6.07) is 17.0. The molecule has 1 aliphatic heterocycles. The fourth-order valence-electron chi connectivity index (χ4n) is 2.56. The van der Waals surface area contributed by atoms with Crippen molar-refractivity contribution in [3.8, 4) is 0 Å². The van der Waals surface area contributed by atoms with Gasteiger partial charge in [0.25, 0.3) is 0 Å². The van der Waals surface area contributed by atoms with Gasteiger partial charge >= 0.3 is 0 Å². The van der Waals surface area contributed by atoms with E-state index in [-0.39, 0.29) is 0 Å². The topological polar surface area (TPSA) is 17.8 Å². The second kappa shape index (κ2) is 4.39. The molecular weight excluding hydrogens is 320 g/mol. The highest BCUT2D eigenvalue weighted by atomic mass is 79.9. The van der Waals surface area contributed by atoms with E-state index in [9.17, 15) is 0 Å². The smallest absolute Gasteiger partial charge is 0.121 e. The highest BCUT2D eigenvalue weighted by Crippen LogP contribution is 2.42. The first-order chi connectivity index (χ1) is 9.33. The first-order valence-electron chi connectivity index (χ1n) is 6.16. The van der Waals surface area contributed by atoms with Crippen LogP contribution in [0.2, 0.25) is 0 Å². The van der Waals surface area contributed by atoms with Crippen molar-refractivity contribution in [1.29, 1.82) is 0 Å². The average molecular weight is 331 g/mol. The average Bonchev–Trinajstić information content (AvgIpc) is 2.98. The molecule has 3 aromatic rings. The van der Waals surface area contributed by atoms with Crippen LogP contribution in [0.15, 0.2) is 53.0 Å². The third kappa shape index (κ3) is 1.82. The zero-order chi connectivity index (χ0) is 12.8. The van der Waals surface area contributed by atoms with Crippen LogP contribution in [0.25, 0.3) is 11.0 Å². The summed E-state index contributed by atoms with van der Waals surface area (Å²) in [6.07, 6.45) is 0. The summed E-state index contributed by atoms with van der Waals surface area (Å²) in [7, 11) is 0. The van der Waals surface area contributed by atoms with E-state index >= 15 is 0 Å². The van der Waals surface area contributed by atoms with Crippen LogP contribution < -0.4 is 0 Å². The molecule has 94 valence electrons. The lowest BCUT2D eigenvalue weighted by atomic mass is 10.2. The van der Waals surface area contributed by atoms with Crippen molar-refractivity contribution in [2.45, 2.75) is 11.1 Å². The molecule has 1 aliphatic rings. The van der Waals surface area contributed by atoms with Crippen LogP contribution in [0.3, 0.4) is 0 Å². The molecule has 0 fully saturated rings. The van der Waals surface area contributed by atoms with Crippen LogP contribution in [-0.4, -0.2) is 9.55 Å². The highest BCUT2D eigenvalue weighted by Gasteiger charge is 2.27. The van der Waals surface area contributed by atoms with Crippen molar-refractivity contribution in [2.75, 3.05) is 0 Å². The maximum Gasteiger partial charge on any atom is 0.121 e. The summed E-state index contributed by atoms with van der Waals surface area (Å²) >= 11 is 5.43. The fraction of sp³-hybridized carbons (Fsp3) is 0.133. The Bertz CT molecular complexity index is 748. The zero-order valence-electron chi connectivity index (χ0n) is 10.1. The molecule has 0 radical (unpaired) electrons. The van der Waals surface area contributed by atoms with Crippen LogP contribution in [0.1, 0.15) is 16.8 Å². The summed E-state index contributed by atoms with van der Waals surface area (Å²) in [5.41, 5.74) is 3.66. The Balaban J connectivity index is 1.89. The Morgan fingerprint density at radius 2 is 1.89 bits per heavy atom. The SMILES string of the molecule is Brc1ccc(C2SCc3nc4ccccc4n32)cc1. The van der Waals surface area contributed by atoms with Gasteiger partial charge in [-0.05, 0) is 29.8 Å². The predicted molar refractivity (Wildman–Crippen MR) is 83.3 cm³/mol. The van der Waals surface area contributed by atoms with E-state index in [4.69, 9.17) is 4.98 Å². The van der Waals surface area contributed by atoms with Crippen molar-refractivity contribution < 1.29 is 0 Å². The number of halogens is 1. The van der Waals surface area contributed by atoms with Gasteiger partial charge in [0.1, 0.15) is 11.2 Å². The Hall–Kier alpha value is -1.26. The van der Waals surface area contributed by atoms with Crippen LogP contribution in [-0.2, 0) is 5.75 Å². The number of nitrogens with zero attached hydrogens (tertiary/aromatic N) is 2. The molecule has 0 amide bonds. The van der Waals surface area contributed by atoms with Crippen LogP contribution in [0.4, 0.5) is 0 Å². The number of para-hydroxylation sites is 2. The molecule has 0 aliphatic carbocycles. The second-order valence-electron chi connectivity index (χ2n) is 4.60. The van der Waals surface area contributed by atoms with E-state index < -0.39 is 0 Å². The summed E-state index contributed by atoms with van der Waals surface area (Å²) in [5.74, 6) is 2.16. The first-order valence-corrected chi connectivity index (χ1v) is 8.00. The minimum atomic E-state index is 0.343. The van der Waals surface area contributed by atoms with Gasteiger partial charge in [-0.2, -0.15) is 0 Å². The number of fused-ring (bicyclic) bond motifs is 3. The standard InChI is InChI=1S/C15H11BrN2S/c16-11-7-5-10(6-8-11)15-18-13-4-2-1-3-12(13)17-14(18)9-19-15/h1-8,15H,9H2. The number of hydrogen-bond acceptors (Lipinski definition) is 2. The van der Waals surface area contributed by atoms with E-state index in [1.54, 1.807) is 0 Å². The van der Waals surface area contributed by atoms with E-state index in [1.807, 2.05) is 17.8 Å². The molecule has 4 rings (SSSR count). The van der Waals surface area contributed by atoms with Crippen molar-refractivity contribution >= 4 is 38.7 Å². The summed E-state index contributed by atoms with van der Waals surface area (Å²) in [4.78, 5) is 4.72. The van der Waals surface area contributed by atoms with Gasteiger partial charge in [0.05, 0.1) is 16.8 Å². The molecule has 1 aromatic heterocycles. The van der Waals surface area contributed by atoms with Crippen LogP contribution in [0.5, 0.6) is 0 Å². The molecule has 0 bridgehead atoms. The highest BCUT2D eigenvalue weighted by molar-refractivity contribution is 9.10. The van der Waals surface area contributed by atoms with Gasteiger partial charge in [-0.1, -0.05) is 40.2 Å². The Kier molecular flexibility index (Phi) is 2.67. The Labute approximate surface area is 124 Å². The summed E-state index contributed by atoms with van der Waals surface area (Å²) in [6.45, 7) is 0. The quantitative estimate of drug-likeness (QED) is 0.649. The van der Waals surface area contributed by atoms with E-state index in [0.717, 1.165) is 15.7 Å². The predicted octanol–water partition coefficient (Wildman–Crippen LogP) is 4.59. The molecule has 0 N–H and O–H groups in total. The Morgan fingerprint density at radius 1 is 1.11 bits per heavy atom. The number of thioether (sulfide) groups is 1. The lowest BCUT2D eigenvalue weighted by molar-refractivity contribution is 0.794. The van der Waals surface area contributed by atoms with E-state index in [1.165, 1.54) is 16.9 Å². The molecule has 0 spiro atoms. The first kappa shape index (κ1) is 11.6. The molecule has 4 heteroatoms. The van der Waals surface area contributed by atoms with Crippen molar-refractivity contribution in [1.82, 2.24) is 9.55 Å². The van der Waals surface area contributed by atoms with Gasteiger partial charge in [-0.25, -0.2) is 4.98 Å². The second-order valence-corrected chi connectivity index (χ2v) is 6.59. The fourth-order valence-corrected chi connectivity index (χ4v) is 4.07. The third-order valence-corrected chi connectivity index (χ3v) is 5.18. The molecule has 2 aromatic carbocycles. The van der Waals surface area contributed by atoms with Crippen molar-refractivity contribution in [3.05, 3.63) is 64.4 Å². The maximum atomic E-state index is 4.72. The number of benzene rings is 2. The van der Waals surface area contributed by atoms with Gasteiger partial charge in [0.2, 0.25) is 0 Å². The van der Waals surface area contributed by atoms with Crippen LogP contribution >= 0.6 is 27.7 Å². The molecule has 1 unspecified atom stereocenters. The lowest BCUT2D eigenvalue weighted by Gasteiger charge is -2.14. The van der Waals surface area contributed by atoms with Crippen molar-refractivity contribution in [2.24, 2.45) is 0 Å².